The third kappa shape index (κ3) is 4.23. The average molecular weight is 256 g/mol. The van der Waals surface area contributed by atoms with Gasteiger partial charge in [-0.05, 0) is 25.8 Å². The molecule has 2 saturated heterocycles. The molecule has 0 bridgehead atoms. The monoisotopic (exact) mass is 256 g/mol. The number of hydrogen-bond acceptors (Lipinski definition) is 4. The van der Waals surface area contributed by atoms with Gasteiger partial charge in [0.2, 0.25) is 0 Å². The summed E-state index contributed by atoms with van der Waals surface area (Å²) in [5.74, 6) is -0.671. The lowest BCUT2D eigenvalue weighted by Crippen LogP contribution is -2.42. The highest BCUT2D eigenvalue weighted by Gasteiger charge is 2.25. The number of hydrogen-bond donors (Lipinski definition) is 1. The van der Waals surface area contributed by atoms with E-state index in [1.807, 2.05) is 0 Å². The molecule has 1 atom stereocenters. The van der Waals surface area contributed by atoms with Gasteiger partial charge in [0, 0.05) is 38.6 Å². The topological polar surface area (TPSA) is 53.0 Å². The Balaban J connectivity index is 1.68. The van der Waals surface area contributed by atoms with Crippen LogP contribution in [-0.2, 0) is 9.53 Å². The molecule has 1 unspecified atom stereocenters. The van der Waals surface area contributed by atoms with Crippen molar-refractivity contribution in [3.63, 3.8) is 0 Å². The Kier molecular flexibility index (Phi) is 5.41. The van der Waals surface area contributed by atoms with Crippen LogP contribution in [-0.4, -0.2) is 72.9 Å². The van der Waals surface area contributed by atoms with Gasteiger partial charge in [-0.25, -0.2) is 0 Å². The van der Waals surface area contributed by atoms with Gasteiger partial charge in [0.25, 0.3) is 0 Å². The summed E-state index contributed by atoms with van der Waals surface area (Å²) in [4.78, 5) is 15.5. The molecule has 2 heterocycles. The third-order valence-electron chi connectivity index (χ3n) is 4.00. The molecule has 2 aliphatic rings. The van der Waals surface area contributed by atoms with E-state index in [0.717, 1.165) is 58.8 Å². The lowest BCUT2D eigenvalue weighted by molar-refractivity contribution is -0.137. The Morgan fingerprint density at radius 2 is 2.00 bits per heavy atom. The second kappa shape index (κ2) is 7.07. The Bertz CT molecular complexity index is 267. The van der Waals surface area contributed by atoms with Crippen molar-refractivity contribution in [2.24, 2.45) is 0 Å². The van der Waals surface area contributed by atoms with Crippen molar-refractivity contribution < 1.29 is 14.6 Å². The number of likely N-dealkylation sites (tertiary alicyclic amines) is 1. The lowest BCUT2D eigenvalue weighted by atomic mass is 10.1. The third-order valence-corrected chi connectivity index (χ3v) is 4.00. The summed E-state index contributed by atoms with van der Waals surface area (Å²) in [7, 11) is 0. The number of morpholine rings is 1. The number of carboxylic acid groups (broad SMARTS) is 1. The highest BCUT2D eigenvalue weighted by Crippen LogP contribution is 2.21. The van der Waals surface area contributed by atoms with Crippen LogP contribution in [0.25, 0.3) is 0 Å². The van der Waals surface area contributed by atoms with Gasteiger partial charge in [0.1, 0.15) is 0 Å². The van der Waals surface area contributed by atoms with Gasteiger partial charge < -0.3 is 9.84 Å². The molecule has 1 N–H and O–H groups in total. The van der Waals surface area contributed by atoms with Gasteiger partial charge in [-0.3, -0.25) is 14.6 Å². The highest BCUT2D eigenvalue weighted by molar-refractivity contribution is 5.66. The fourth-order valence-electron chi connectivity index (χ4n) is 2.90. The largest absolute Gasteiger partial charge is 0.481 e. The van der Waals surface area contributed by atoms with Crippen LogP contribution >= 0.6 is 0 Å². The maximum absolute atomic E-state index is 10.6. The SMILES string of the molecule is O=C(O)CCC1CCCN1CCN1CCOCC1. The first-order valence-corrected chi connectivity index (χ1v) is 7.01. The fourth-order valence-corrected chi connectivity index (χ4v) is 2.90. The summed E-state index contributed by atoms with van der Waals surface area (Å²) in [5.41, 5.74) is 0. The van der Waals surface area contributed by atoms with Crippen LogP contribution in [0.15, 0.2) is 0 Å². The molecular weight excluding hydrogens is 232 g/mol. The van der Waals surface area contributed by atoms with Crippen molar-refractivity contribution >= 4 is 5.97 Å². The minimum Gasteiger partial charge on any atom is -0.481 e. The van der Waals surface area contributed by atoms with E-state index in [1.54, 1.807) is 0 Å². The number of nitrogens with zero attached hydrogens (tertiary/aromatic N) is 2. The summed E-state index contributed by atoms with van der Waals surface area (Å²) >= 11 is 0. The van der Waals surface area contributed by atoms with Crippen molar-refractivity contribution in [3.05, 3.63) is 0 Å². The Morgan fingerprint density at radius 1 is 1.22 bits per heavy atom. The van der Waals surface area contributed by atoms with Crippen molar-refractivity contribution in [1.82, 2.24) is 9.80 Å². The summed E-state index contributed by atoms with van der Waals surface area (Å²) in [6.07, 6.45) is 3.49. The van der Waals surface area contributed by atoms with Gasteiger partial charge in [0.05, 0.1) is 13.2 Å². The van der Waals surface area contributed by atoms with Crippen LogP contribution in [0.3, 0.4) is 0 Å². The average Bonchev–Trinajstić information content (AvgIpc) is 2.82. The quantitative estimate of drug-likeness (QED) is 0.756. The molecule has 0 aliphatic carbocycles. The van der Waals surface area contributed by atoms with Crippen molar-refractivity contribution in [3.8, 4) is 0 Å². The van der Waals surface area contributed by atoms with Crippen LogP contribution in [0.2, 0.25) is 0 Å². The minimum atomic E-state index is -0.671. The van der Waals surface area contributed by atoms with E-state index < -0.39 is 5.97 Å². The van der Waals surface area contributed by atoms with Crippen molar-refractivity contribution in [1.29, 1.82) is 0 Å². The van der Waals surface area contributed by atoms with Crippen LogP contribution in [0.4, 0.5) is 0 Å². The van der Waals surface area contributed by atoms with Gasteiger partial charge in [-0.15, -0.1) is 0 Å². The number of aliphatic carboxylic acids is 1. The minimum absolute atomic E-state index is 0.304. The highest BCUT2D eigenvalue weighted by atomic mass is 16.5. The molecule has 2 rings (SSSR count). The van der Waals surface area contributed by atoms with Gasteiger partial charge in [0.15, 0.2) is 0 Å². The lowest BCUT2D eigenvalue weighted by Gasteiger charge is -2.30. The first-order valence-electron chi connectivity index (χ1n) is 7.01. The molecule has 0 aromatic carbocycles. The van der Waals surface area contributed by atoms with E-state index in [4.69, 9.17) is 9.84 Å². The molecule has 2 aliphatic heterocycles. The Hall–Kier alpha value is -0.650. The molecule has 0 spiro atoms. The normalized spacial score (nSPS) is 26.6. The molecule has 18 heavy (non-hydrogen) atoms. The van der Waals surface area contributed by atoms with Crippen LogP contribution in [0, 0.1) is 0 Å². The Labute approximate surface area is 109 Å². The molecule has 0 radical (unpaired) electrons. The molecule has 0 saturated carbocycles. The van der Waals surface area contributed by atoms with Gasteiger partial charge >= 0.3 is 5.97 Å². The number of carbonyl (C=O) groups is 1. The maximum atomic E-state index is 10.6. The first-order chi connectivity index (χ1) is 8.75. The van der Waals surface area contributed by atoms with Crippen LogP contribution < -0.4 is 0 Å². The van der Waals surface area contributed by atoms with Gasteiger partial charge in [-0.1, -0.05) is 0 Å². The molecule has 0 aromatic heterocycles. The standard InChI is InChI=1S/C13H24N2O3/c16-13(17)4-3-12-2-1-5-15(12)7-6-14-8-10-18-11-9-14/h12H,1-11H2,(H,16,17). The van der Waals surface area contributed by atoms with E-state index in [2.05, 4.69) is 9.80 Å². The van der Waals surface area contributed by atoms with Crippen molar-refractivity contribution in [2.75, 3.05) is 45.9 Å². The Morgan fingerprint density at radius 3 is 2.72 bits per heavy atom. The zero-order valence-corrected chi connectivity index (χ0v) is 11.0. The van der Waals surface area contributed by atoms with Crippen LogP contribution in [0.5, 0.6) is 0 Å². The van der Waals surface area contributed by atoms with E-state index in [-0.39, 0.29) is 0 Å². The van der Waals surface area contributed by atoms with E-state index in [9.17, 15) is 4.79 Å². The van der Waals surface area contributed by atoms with Crippen molar-refractivity contribution in [2.45, 2.75) is 31.7 Å². The number of rotatable bonds is 6. The second-order valence-corrected chi connectivity index (χ2v) is 5.22. The summed E-state index contributed by atoms with van der Waals surface area (Å²) in [6, 6.07) is 0.488. The predicted octanol–water partition coefficient (Wildman–Crippen LogP) is 0.648. The number of ether oxygens (including phenoxy) is 1. The molecule has 0 amide bonds. The van der Waals surface area contributed by atoms with Crippen LogP contribution in [0.1, 0.15) is 25.7 Å². The van der Waals surface area contributed by atoms with Gasteiger partial charge in [-0.2, -0.15) is 0 Å². The summed E-state index contributed by atoms with van der Waals surface area (Å²) in [5, 5.41) is 8.75. The fraction of sp³-hybridized carbons (Fsp3) is 0.923. The smallest absolute Gasteiger partial charge is 0.303 e. The zero-order chi connectivity index (χ0) is 12.8. The summed E-state index contributed by atoms with van der Waals surface area (Å²) < 4.78 is 5.34. The zero-order valence-electron chi connectivity index (χ0n) is 11.0. The number of carboxylic acids is 1. The van der Waals surface area contributed by atoms with E-state index in [0.29, 0.717) is 12.5 Å². The molecule has 0 aromatic rings. The second-order valence-electron chi connectivity index (χ2n) is 5.22. The predicted molar refractivity (Wildman–Crippen MR) is 68.7 cm³/mol. The molecular formula is C13H24N2O3. The van der Waals surface area contributed by atoms with E-state index >= 15 is 0 Å². The molecule has 104 valence electrons. The molecule has 2 fully saturated rings. The van der Waals surface area contributed by atoms with E-state index in [1.165, 1.54) is 6.42 Å². The maximum Gasteiger partial charge on any atom is 0.303 e. The first kappa shape index (κ1) is 13.8. The molecule has 5 heteroatoms. The summed E-state index contributed by atoms with van der Waals surface area (Å²) in [6.45, 7) is 7.07. The molecule has 5 nitrogen and oxygen atoms in total.